The summed E-state index contributed by atoms with van der Waals surface area (Å²) in [7, 11) is 0. The smallest absolute Gasteiger partial charge is 0.356 e. The summed E-state index contributed by atoms with van der Waals surface area (Å²) < 4.78 is 6.00. The molecule has 0 fully saturated rings. The van der Waals surface area contributed by atoms with Crippen LogP contribution in [-0.4, -0.2) is 27.8 Å². The van der Waals surface area contributed by atoms with Crippen LogP contribution in [-0.2, 0) is 6.54 Å². The summed E-state index contributed by atoms with van der Waals surface area (Å²) in [5, 5.41) is 16.7. The van der Waals surface area contributed by atoms with Crippen LogP contribution in [0.3, 0.4) is 0 Å². The first kappa shape index (κ1) is 17.4. The van der Waals surface area contributed by atoms with E-state index in [1.807, 2.05) is 66.4 Å². The Morgan fingerprint density at radius 3 is 2.38 bits per heavy atom. The Labute approximate surface area is 151 Å². The van der Waals surface area contributed by atoms with Gasteiger partial charge in [0.15, 0.2) is 11.5 Å². The van der Waals surface area contributed by atoms with Gasteiger partial charge in [-0.2, -0.15) is 0 Å². The standard InChI is InChI=1S/C20H19N3O3/c1-2-23(19-13-12-17(20(24)25)21-22-19)14-15-8-6-7-11-18(15)26-16-9-4-3-5-10-16/h3-13H,2,14H2,1H3,(H,24,25). The van der Waals surface area contributed by atoms with Crippen molar-refractivity contribution in [2.75, 3.05) is 11.4 Å². The average molecular weight is 349 g/mol. The van der Waals surface area contributed by atoms with Crippen LogP contribution in [0.2, 0.25) is 0 Å². The monoisotopic (exact) mass is 349 g/mol. The molecule has 1 aromatic heterocycles. The predicted octanol–water partition coefficient (Wildman–Crippen LogP) is 3.99. The van der Waals surface area contributed by atoms with Gasteiger partial charge in [-0.3, -0.25) is 0 Å². The van der Waals surface area contributed by atoms with Crippen LogP contribution in [0.4, 0.5) is 5.82 Å². The van der Waals surface area contributed by atoms with Gasteiger partial charge in [0.05, 0.1) is 0 Å². The van der Waals surface area contributed by atoms with Crippen LogP contribution in [0.15, 0.2) is 66.7 Å². The molecule has 26 heavy (non-hydrogen) atoms. The van der Waals surface area contributed by atoms with Crippen molar-refractivity contribution in [2.45, 2.75) is 13.5 Å². The van der Waals surface area contributed by atoms with E-state index in [1.54, 1.807) is 6.07 Å². The zero-order chi connectivity index (χ0) is 18.4. The molecular weight excluding hydrogens is 330 g/mol. The van der Waals surface area contributed by atoms with Crippen molar-refractivity contribution < 1.29 is 14.6 Å². The number of carbonyl (C=O) groups is 1. The number of carboxylic acid groups (broad SMARTS) is 1. The van der Waals surface area contributed by atoms with E-state index in [-0.39, 0.29) is 5.69 Å². The van der Waals surface area contributed by atoms with E-state index in [0.29, 0.717) is 18.9 Å². The third-order valence-corrected chi connectivity index (χ3v) is 3.88. The summed E-state index contributed by atoms with van der Waals surface area (Å²) >= 11 is 0. The van der Waals surface area contributed by atoms with Gasteiger partial charge in [0, 0.05) is 18.7 Å². The van der Waals surface area contributed by atoms with Crippen molar-refractivity contribution in [3.05, 3.63) is 78.0 Å². The minimum atomic E-state index is -1.09. The molecule has 6 nitrogen and oxygen atoms in total. The number of para-hydroxylation sites is 2. The second kappa shape index (κ2) is 8.11. The van der Waals surface area contributed by atoms with Crippen LogP contribution in [0.5, 0.6) is 11.5 Å². The number of aromatic nitrogens is 2. The van der Waals surface area contributed by atoms with Crippen LogP contribution in [0.25, 0.3) is 0 Å². The molecule has 0 aliphatic carbocycles. The average Bonchev–Trinajstić information content (AvgIpc) is 2.68. The molecule has 1 N–H and O–H groups in total. The molecule has 0 unspecified atom stereocenters. The fourth-order valence-electron chi connectivity index (χ4n) is 2.52. The molecule has 1 heterocycles. The van der Waals surface area contributed by atoms with Gasteiger partial charge >= 0.3 is 5.97 Å². The van der Waals surface area contributed by atoms with Gasteiger partial charge in [-0.1, -0.05) is 36.4 Å². The Morgan fingerprint density at radius 2 is 1.73 bits per heavy atom. The van der Waals surface area contributed by atoms with Crippen molar-refractivity contribution in [2.24, 2.45) is 0 Å². The van der Waals surface area contributed by atoms with Crippen molar-refractivity contribution in [1.82, 2.24) is 10.2 Å². The van der Waals surface area contributed by atoms with E-state index in [4.69, 9.17) is 9.84 Å². The van der Waals surface area contributed by atoms with Gasteiger partial charge in [0.2, 0.25) is 0 Å². The summed E-state index contributed by atoms with van der Waals surface area (Å²) in [5.41, 5.74) is 0.930. The molecule has 3 rings (SSSR count). The van der Waals surface area contributed by atoms with Gasteiger partial charge in [-0.15, -0.1) is 10.2 Å². The number of benzene rings is 2. The lowest BCUT2D eigenvalue weighted by molar-refractivity contribution is 0.0689. The quantitative estimate of drug-likeness (QED) is 0.695. The largest absolute Gasteiger partial charge is 0.476 e. The molecule has 0 radical (unpaired) electrons. The maximum absolute atomic E-state index is 10.9. The van der Waals surface area contributed by atoms with Gasteiger partial charge in [0.25, 0.3) is 0 Å². The lowest BCUT2D eigenvalue weighted by Gasteiger charge is -2.22. The molecule has 0 saturated heterocycles. The minimum Gasteiger partial charge on any atom is -0.476 e. The molecule has 0 atom stereocenters. The SMILES string of the molecule is CCN(Cc1ccccc1Oc1ccccc1)c1ccc(C(=O)O)nn1. The maximum atomic E-state index is 10.9. The topological polar surface area (TPSA) is 75.5 Å². The zero-order valence-corrected chi connectivity index (χ0v) is 14.4. The number of hydrogen-bond acceptors (Lipinski definition) is 5. The Kier molecular flexibility index (Phi) is 5.43. The van der Waals surface area contributed by atoms with Crippen LogP contribution in [0, 0.1) is 0 Å². The van der Waals surface area contributed by atoms with Crippen molar-refractivity contribution in [3.63, 3.8) is 0 Å². The lowest BCUT2D eigenvalue weighted by atomic mass is 10.2. The van der Waals surface area contributed by atoms with Crippen LogP contribution < -0.4 is 9.64 Å². The van der Waals surface area contributed by atoms with E-state index < -0.39 is 5.97 Å². The highest BCUT2D eigenvalue weighted by Gasteiger charge is 2.13. The third kappa shape index (κ3) is 4.16. The maximum Gasteiger partial charge on any atom is 0.356 e. The predicted molar refractivity (Wildman–Crippen MR) is 98.7 cm³/mol. The molecule has 0 aliphatic heterocycles. The second-order valence-corrected chi connectivity index (χ2v) is 5.62. The van der Waals surface area contributed by atoms with Crippen molar-refractivity contribution >= 4 is 11.8 Å². The summed E-state index contributed by atoms with van der Waals surface area (Å²) in [6.07, 6.45) is 0. The number of aromatic carboxylic acids is 1. The van der Waals surface area contributed by atoms with E-state index in [0.717, 1.165) is 17.1 Å². The summed E-state index contributed by atoms with van der Waals surface area (Å²) in [5.74, 6) is 1.07. The minimum absolute atomic E-state index is 0.0717. The number of rotatable bonds is 7. The molecule has 0 aliphatic rings. The van der Waals surface area contributed by atoms with Crippen molar-refractivity contribution in [1.29, 1.82) is 0 Å². The highest BCUT2D eigenvalue weighted by molar-refractivity contribution is 5.85. The van der Waals surface area contributed by atoms with Crippen LogP contribution in [0.1, 0.15) is 23.0 Å². The van der Waals surface area contributed by atoms with E-state index in [1.165, 1.54) is 6.07 Å². The Bertz CT molecular complexity index is 867. The zero-order valence-electron chi connectivity index (χ0n) is 14.4. The fraction of sp³-hybridized carbons (Fsp3) is 0.150. The Hall–Kier alpha value is -3.41. The number of nitrogens with zero attached hydrogens (tertiary/aromatic N) is 3. The number of carboxylic acids is 1. The fourth-order valence-corrected chi connectivity index (χ4v) is 2.52. The number of anilines is 1. The molecule has 0 saturated carbocycles. The number of ether oxygens (including phenoxy) is 1. The molecule has 0 bridgehead atoms. The van der Waals surface area contributed by atoms with E-state index in [2.05, 4.69) is 10.2 Å². The van der Waals surface area contributed by atoms with E-state index >= 15 is 0 Å². The molecule has 132 valence electrons. The van der Waals surface area contributed by atoms with Gasteiger partial charge in [-0.05, 0) is 37.3 Å². The van der Waals surface area contributed by atoms with Gasteiger partial charge in [-0.25, -0.2) is 4.79 Å². The number of hydrogen-bond donors (Lipinski definition) is 1. The first-order valence-corrected chi connectivity index (χ1v) is 8.30. The molecule has 0 spiro atoms. The third-order valence-electron chi connectivity index (χ3n) is 3.88. The first-order chi connectivity index (χ1) is 12.7. The highest BCUT2D eigenvalue weighted by atomic mass is 16.5. The van der Waals surface area contributed by atoms with Gasteiger partial charge < -0.3 is 14.7 Å². The second-order valence-electron chi connectivity index (χ2n) is 5.62. The first-order valence-electron chi connectivity index (χ1n) is 8.30. The summed E-state index contributed by atoms with van der Waals surface area (Å²) in [6.45, 7) is 3.27. The molecule has 2 aromatic carbocycles. The Balaban J connectivity index is 1.81. The van der Waals surface area contributed by atoms with E-state index in [9.17, 15) is 4.79 Å². The molecular formula is C20H19N3O3. The summed E-state index contributed by atoms with van der Waals surface area (Å²) in [4.78, 5) is 12.9. The Morgan fingerprint density at radius 1 is 1.00 bits per heavy atom. The van der Waals surface area contributed by atoms with Gasteiger partial charge in [0.1, 0.15) is 11.5 Å². The normalized spacial score (nSPS) is 10.3. The molecule has 3 aromatic rings. The van der Waals surface area contributed by atoms with Crippen molar-refractivity contribution in [3.8, 4) is 11.5 Å². The molecule has 6 heteroatoms. The van der Waals surface area contributed by atoms with Crippen LogP contribution >= 0.6 is 0 Å². The molecule has 0 amide bonds. The highest BCUT2D eigenvalue weighted by Crippen LogP contribution is 2.27. The lowest BCUT2D eigenvalue weighted by Crippen LogP contribution is -2.24. The summed E-state index contributed by atoms with van der Waals surface area (Å²) in [6, 6.07) is 20.5.